The van der Waals surface area contributed by atoms with E-state index in [1.54, 1.807) is 0 Å². The highest BCUT2D eigenvalue weighted by molar-refractivity contribution is 6.27. The van der Waals surface area contributed by atoms with Crippen LogP contribution >= 0.6 is 0 Å². The highest BCUT2D eigenvalue weighted by Gasteiger charge is 2.04. The van der Waals surface area contributed by atoms with E-state index >= 15 is 0 Å². The first-order valence-electron chi connectivity index (χ1n) is 6.95. The number of rotatable bonds is 7. The number of carbonyl (C=O) groups is 2. The average molecular weight is 312 g/mol. The van der Waals surface area contributed by atoms with Crippen molar-refractivity contribution in [3.63, 3.8) is 0 Å². The molecule has 0 amide bonds. The largest absolute Gasteiger partial charge is 0.492 e. The molecular weight excluding hydrogens is 288 g/mol. The molecular formula is C15H24N2O5. The molecule has 7 nitrogen and oxygen atoms in total. The summed E-state index contributed by atoms with van der Waals surface area (Å²) < 4.78 is 5.68. The minimum Gasteiger partial charge on any atom is -0.492 e. The number of carboxylic acid groups (broad SMARTS) is 2. The highest BCUT2D eigenvalue weighted by Crippen LogP contribution is 2.18. The third kappa shape index (κ3) is 9.73. The first-order chi connectivity index (χ1) is 10.4. The van der Waals surface area contributed by atoms with Gasteiger partial charge < -0.3 is 26.0 Å². The lowest BCUT2D eigenvalue weighted by atomic mass is 10.1. The second-order valence-corrected chi connectivity index (χ2v) is 4.62. The van der Waals surface area contributed by atoms with Crippen LogP contribution in [0.1, 0.15) is 17.5 Å². The smallest absolute Gasteiger partial charge is 0.414 e. The van der Waals surface area contributed by atoms with E-state index in [0.29, 0.717) is 6.61 Å². The topological polar surface area (TPSA) is 122 Å². The molecule has 124 valence electrons. The number of aryl methyl sites for hydroxylation is 2. The van der Waals surface area contributed by atoms with E-state index in [0.717, 1.165) is 31.8 Å². The number of benzene rings is 1. The first-order valence-corrected chi connectivity index (χ1v) is 6.95. The van der Waals surface area contributed by atoms with E-state index in [1.165, 1.54) is 11.1 Å². The minimum absolute atomic E-state index is 0.703. The molecule has 0 saturated heterocycles. The number of hydrogen-bond acceptors (Lipinski definition) is 5. The number of ether oxygens (including phenoxy) is 1. The number of nitrogens with one attached hydrogen (secondary N) is 1. The molecule has 1 aromatic rings. The third-order valence-electron chi connectivity index (χ3n) is 2.61. The van der Waals surface area contributed by atoms with Gasteiger partial charge in [0.25, 0.3) is 0 Å². The van der Waals surface area contributed by atoms with Gasteiger partial charge in [-0.2, -0.15) is 0 Å². The van der Waals surface area contributed by atoms with Crippen LogP contribution in [0, 0.1) is 13.8 Å². The van der Waals surface area contributed by atoms with Gasteiger partial charge in [0.2, 0.25) is 0 Å². The van der Waals surface area contributed by atoms with Crippen LogP contribution in [-0.2, 0) is 9.59 Å². The average Bonchev–Trinajstić information content (AvgIpc) is 2.45. The summed E-state index contributed by atoms with van der Waals surface area (Å²) in [5.74, 6) is -2.67. The van der Waals surface area contributed by atoms with Crippen molar-refractivity contribution in [2.45, 2.75) is 20.3 Å². The van der Waals surface area contributed by atoms with Gasteiger partial charge in [-0.25, -0.2) is 9.59 Å². The zero-order valence-electron chi connectivity index (χ0n) is 13.0. The van der Waals surface area contributed by atoms with Gasteiger partial charge in [-0.05, 0) is 45.0 Å². The quantitative estimate of drug-likeness (QED) is 0.433. The minimum atomic E-state index is -1.82. The van der Waals surface area contributed by atoms with E-state index in [-0.39, 0.29) is 0 Å². The molecule has 0 spiro atoms. The predicted molar refractivity (Wildman–Crippen MR) is 83.2 cm³/mol. The van der Waals surface area contributed by atoms with Crippen molar-refractivity contribution in [2.75, 3.05) is 26.2 Å². The molecule has 0 unspecified atom stereocenters. The molecule has 0 radical (unpaired) electrons. The maximum absolute atomic E-state index is 9.10. The lowest BCUT2D eigenvalue weighted by Gasteiger charge is -2.10. The van der Waals surface area contributed by atoms with Crippen molar-refractivity contribution >= 4 is 11.9 Å². The van der Waals surface area contributed by atoms with Gasteiger partial charge in [-0.15, -0.1) is 0 Å². The maximum atomic E-state index is 9.10. The summed E-state index contributed by atoms with van der Waals surface area (Å²) in [4.78, 5) is 18.2. The van der Waals surface area contributed by atoms with Crippen molar-refractivity contribution in [1.82, 2.24) is 5.32 Å². The van der Waals surface area contributed by atoms with Crippen LogP contribution in [0.4, 0.5) is 0 Å². The third-order valence-corrected chi connectivity index (χ3v) is 2.61. The van der Waals surface area contributed by atoms with Crippen LogP contribution in [0.3, 0.4) is 0 Å². The van der Waals surface area contributed by atoms with Crippen LogP contribution in [0.25, 0.3) is 0 Å². The Labute approximate surface area is 130 Å². The van der Waals surface area contributed by atoms with Crippen LogP contribution in [0.2, 0.25) is 0 Å². The van der Waals surface area contributed by atoms with E-state index in [9.17, 15) is 0 Å². The summed E-state index contributed by atoms with van der Waals surface area (Å²) in [5, 5.41) is 18.1. The summed E-state index contributed by atoms with van der Waals surface area (Å²) in [6, 6.07) is 6.24. The fourth-order valence-corrected chi connectivity index (χ4v) is 1.55. The first kappa shape index (κ1) is 19.9. The molecule has 1 rings (SSSR count). The fraction of sp³-hybridized carbons (Fsp3) is 0.467. The van der Waals surface area contributed by atoms with Crippen molar-refractivity contribution in [3.8, 4) is 5.75 Å². The molecule has 0 atom stereocenters. The molecule has 0 heterocycles. The summed E-state index contributed by atoms with van der Waals surface area (Å²) >= 11 is 0. The van der Waals surface area contributed by atoms with E-state index in [2.05, 4.69) is 31.3 Å². The number of hydrogen-bond donors (Lipinski definition) is 4. The Balaban J connectivity index is 0.000000626. The molecule has 0 aliphatic carbocycles. The van der Waals surface area contributed by atoms with Crippen LogP contribution in [0.5, 0.6) is 5.75 Å². The van der Waals surface area contributed by atoms with Crippen LogP contribution in [0.15, 0.2) is 18.2 Å². The zero-order valence-corrected chi connectivity index (χ0v) is 13.0. The molecule has 0 aromatic heterocycles. The molecule has 5 N–H and O–H groups in total. The van der Waals surface area contributed by atoms with E-state index < -0.39 is 11.9 Å². The Morgan fingerprint density at radius 3 is 2.32 bits per heavy atom. The summed E-state index contributed by atoms with van der Waals surface area (Å²) in [7, 11) is 0. The highest BCUT2D eigenvalue weighted by atomic mass is 16.5. The number of nitrogens with two attached hydrogens (primary N) is 1. The number of carboxylic acids is 2. The molecule has 7 heteroatoms. The van der Waals surface area contributed by atoms with Gasteiger partial charge in [0, 0.05) is 6.54 Å². The van der Waals surface area contributed by atoms with Gasteiger partial charge in [-0.3, -0.25) is 0 Å². The van der Waals surface area contributed by atoms with Crippen molar-refractivity contribution < 1.29 is 24.5 Å². The van der Waals surface area contributed by atoms with Gasteiger partial charge in [0.05, 0.1) is 0 Å². The molecule has 22 heavy (non-hydrogen) atoms. The Morgan fingerprint density at radius 2 is 1.82 bits per heavy atom. The summed E-state index contributed by atoms with van der Waals surface area (Å²) in [6.07, 6.45) is 1.02. The van der Waals surface area contributed by atoms with Crippen molar-refractivity contribution in [2.24, 2.45) is 5.73 Å². The van der Waals surface area contributed by atoms with Gasteiger partial charge >= 0.3 is 11.9 Å². The molecule has 0 bridgehead atoms. The van der Waals surface area contributed by atoms with E-state index in [1.807, 2.05) is 6.07 Å². The Kier molecular flexibility index (Phi) is 10.4. The molecule has 0 aliphatic rings. The van der Waals surface area contributed by atoms with Crippen LogP contribution < -0.4 is 15.8 Å². The van der Waals surface area contributed by atoms with Gasteiger partial charge in [-0.1, -0.05) is 17.7 Å². The van der Waals surface area contributed by atoms with Gasteiger partial charge in [0.15, 0.2) is 0 Å². The molecule has 0 saturated carbocycles. The SMILES string of the molecule is Cc1ccc(OCCNCCCN)c(C)c1.O=C(O)C(=O)O. The Hall–Kier alpha value is -2.12. The Bertz CT molecular complexity index is 465. The van der Waals surface area contributed by atoms with Crippen LogP contribution in [-0.4, -0.2) is 48.4 Å². The maximum Gasteiger partial charge on any atom is 0.414 e. The Morgan fingerprint density at radius 1 is 1.18 bits per heavy atom. The fourth-order valence-electron chi connectivity index (χ4n) is 1.55. The van der Waals surface area contributed by atoms with E-state index in [4.69, 9.17) is 30.3 Å². The van der Waals surface area contributed by atoms with Crippen molar-refractivity contribution in [3.05, 3.63) is 29.3 Å². The second kappa shape index (κ2) is 11.5. The lowest BCUT2D eigenvalue weighted by Crippen LogP contribution is -2.23. The zero-order chi connectivity index (χ0) is 17.0. The lowest BCUT2D eigenvalue weighted by molar-refractivity contribution is -0.159. The molecule has 0 fully saturated rings. The van der Waals surface area contributed by atoms with Crippen molar-refractivity contribution in [1.29, 1.82) is 0 Å². The summed E-state index contributed by atoms with van der Waals surface area (Å²) in [5.41, 5.74) is 7.86. The monoisotopic (exact) mass is 312 g/mol. The predicted octanol–water partition coefficient (Wildman–Crippen LogP) is 0.776. The summed E-state index contributed by atoms with van der Waals surface area (Å²) in [6.45, 7) is 7.44. The standard InChI is InChI=1S/C13H22N2O.C2H2O4/c1-11-4-5-13(12(2)10-11)16-9-8-15-7-3-6-14;3-1(4)2(5)6/h4-5,10,15H,3,6-9,14H2,1-2H3;(H,3,4)(H,5,6). The molecule has 1 aromatic carbocycles. The van der Waals surface area contributed by atoms with Gasteiger partial charge in [0.1, 0.15) is 12.4 Å². The number of aliphatic carboxylic acids is 2. The normalized spacial score (nSPS) is 9.59. The molecule has 0 aliphatic heterocycles. The second-order valence-electron chi connectivity index (χ2n) is 4.62.